The van der Waals surface area contributed by atoms with E-state index in [1.807, 2.05) is 6.20 Å². The average molecular weight is 250 g/mol. The van der Waals surface area contributed by atoms with Crippen molar-refractivity contribution < 1.29 is 9.90 Å². The van der Waals surface area contributed by atoms with Crippen LogP contribution in [0.1, 0.15) is 51.3 Å². The summed E-state index contributed by atoms with van der Waals surface area (Å²) in [6.45, 7) is 5.12. The highest BCUT2D eigenvalue weighted by molar-refractivity contribution is 5.71. The largest absolute Gasteiger partial charge is 0.481 e. The molecule has 3 unspecified atom stereocenters. The van der Waals surface area contributed by atoms with Crippen LogP contribution in [0.3, 0.4) is 0 Å². The lowest BCUT2D eigenvalue weighted by molar-refractivity contribution is -0.144. The Labute approximate surface area is 108 Å². The minimum absolute atomic E-state index is 0.0798. The predicted molar refractivity (Wildman–Crippen MR) is 69.4 cm³/mol. The normalized spacial score (nSPS) is 28.2. The number of aliphatic carboxylic acids is 1. The topological polar surface area (TPSA) is 55.1 Å². The Balaban J connectivity index is 2.27. The fourth-order valence-electron chi connectivity index (χ4n) is 3.13. The lowest BCUT2D eigenvalue weighted by Gasteiger charge is -2.33. The summed E-state index contributed by atoms with van der Waals surface area (Å²) in [5, 5.41) is 9.39. The van der Waals surface area contributed by atoms with Crippen LogP contribution < -0.4 is 0 Å². The molecule has 4 heteroatoms. The molecule has 1 aromatic heterocycles. The zero-order valence-corrected chi connectivity index (χ0v) is 11.2. The van der Waals surface area contributed by atoms with Crippen molar-refractivity contribution in [3.05, 3.63) is 18.2 Å². The van der Waals surface area contributed by atoms with Crippen molar-refractivity contribution in [2.45, 2.75) is 52.0 Å². The molecule has 3 atom stereocenters. The highest BCUT2D eigenvalue weighted by atomic mass is 16.4. The van der Waals surface area contributed by atoms with E-state index in [4.69, 9.17) is 0 Å². The average Bonchev–Trinajstić information content (AvgIpc) is 2.85. The van der Waals surface area contributed by atoms with Crippen LogP contribution in [-0.2, 0) is 11.3 Å². The quantitative estimate of drug-likeness (QED) is 0.894. The smallest absolute Gasteiger partial charge is 0.307 e. The molecule has 0 spiro atoms. The van der Waals surface area contributed by atoms with E-state index in [1.165, 1.54) is 0 Å². The van der Waals surface area contributed by atoms with Crippen LogP contribution >= 0.6 is 0 Å². The number of imidazole rings is 1. The van der Waals surface area contributed by atoms with Gasteiger partial charge in [0.2, 0.25) is 0 Å². The summed E-state index contributed by atoms with van der Waals surface area (Å²) in [6, 6.07) is 0. The van der Waals surface area contributed by atoms with Gasteiger partial charge in [-0.15, -0.1) is 0 Å². The first-order chi connectivity index (χ1) is 8.67. The van der Waals surface area contributed by atoms with Gasteiger partial charge in [0.05, 0.1) is 5.92 Å². The maximum Gasteiger partial charge on any atom is 0.307 e. The SMILES string of the molecule is CCC1CCC(C(=O)O)C(c2nccn2CC)C1. The molecule has 1 aliphatic rings. The van der Waals surface area contributed by atoms with E-state index in [9.17, 15) is 9.90 Å². The zero-order valence-electron chi connectivity index (χ0n) is 11.2. The number of carboxylic acids is 1. The van der Waals surface area contributed by atoms with Crippen molar-refractivity contribution >= 4 is 5.97 Å². The molecular formula is C14H22N2O2. The molecule has 0 saturated heterocycles. The molecular weight excluding hydrogens is 228 g/mol. The van der Waals surface area contributed by atoms with Gasteiger partial charge in [0.1, 0.15) is 5.82 Å². The summed E-state index contributed by atoms with van der Waals surface area (Å²) in [6.07, 6.45) is 7.66. The van der Waals surface area contributed by atoms with Crippen LogP contribution in [-0.4, -0.2) is 20.6 Å². The van der Waals surface area contributed by atoms with Crippen LogP contribution in [0.25, 0.3) is 0 Å². The number of carbonyl (C=O) groups is 1. The second-order valence-corrected chi connectivity index (χ2v) is 5.21. The molecule has 0 aromatic carbocycles. The Morgan fingerprint density at radius 3 is 2.89 bits per heavy atom. The van der Waals surface area contributed by atoms with E-state index in [0.29, 0.717) is 5.92 Å². The van der Waals surface area contributed by atoms with Crippen LogP contribution in [0, 0.1) is 11.8 Å². The maximum absolute atomic E-state index is 11.4. The number of hydrogen-bond acceptors (Lipinski definition) is 2. The Morgan fingerprint density at radius 1 is 1.50 bits per heavy atom. The van der Waals surface area contributed by atoms with Crippen LogP contribution in [0.2, 0.25) is 0 Å². The molecule has 0 amide bonds. The maximum atomic E-state index is 11.4. The van der Waals surface area contributed by atoms with Crippen LogP contribution in [0.5, 0.6) is 0 Å². The number of nitrogens with zero attached hydrogens (tertiary/aromatic N) is 2. The summed E-state index contributed by atoms with van der Waals surface area (Å²) < 4.78 is 2.08. The Bertz CT molecular complexity index is 414. The van der Waals surface area contributed by atoms with Gasteiger partial charge < -0.3 is 9.67 Å². The number of aromatic nitrogens is 2. The number of aryl methyl sites for hydroxylation is 1. The molecule has 100 valence electrons. The Morgan fingerprint density at radius 2 is 2.28 bits per heavy atom. The van der Waals surface area contributed by atoms with E-state index in [2.05, 4.69) is 23.4 Å². The fraction of sp³-hybridized carbons (Fsp3) is 0.714. The second-order valence-electron chi connectivity index (χ2n) is 5.21. The number of hydrogen-bond donors (Lipinski definition) is 1. The molecule has 1 aromatic rings. The van der Waals surface area contributed by atoms with E-state index in [-0.39, 0.29) is 11.8 Å². The summed E-state index contributed by atoms with van der Waals surface area (Å²) in [4.78, 5) is 15.8. The number of rotatable bonds is 4. The van der Waals surface area contributed by atoms with Gasteiger partial charge in [-0.25, -0.2) is 4.98 Å². The lowest BCUT2D eigenvalue weighted by atomic mass is 9.72. The van der Waals surface area contributed by atoms with Gasteiger partial charge in [-0.3, -0.25) is 4.79 Å². The molecule has 4 nitrogen and oxygen atoms in total. The van der Waals surface area contributed by atoms with Crippen LogP contribution in [0.15, 0.2) is 12.4 Å². The first-order valence-corrected chi connectivity index (χ1v) is 6.91. The lowest BCUT2D eigenvalue weighted by Crippen LogP contribution is -2.30. The summed E-state index contributed by atoms with van der Waals surface area (Å²) in [7, 11) is 0. The van der Waals surface area contributed by atoms with Gasteiger partial charge in [0.15, 0.2) is 0 Å². The molecule has 1 heterocycles. The highest BCUT2D eigenvalue weighted by Gasteiger charge is 2.37. The number of carboxylic acid groups (broad SMARTS) is 1. The molecule has 1 fully saturated rings. The first kappa shape index (κ1) is 13.1. The Kier molecular flexibility index (Phi) is 4.04. The minimum atomic E-state index is -0.666. The molecule has 0 radical (unpaired) electrons. The van der Waals surface area contributed by atoms with Gasteiger partial charge in [-0.2, -0.15) is 0 Å². The van der Waals surface area contributed by atoms with Gasteiger partial charge >= 0.3 is 5.97 Å². The molecule has 1 aliphatic carbocycles. The van der Waals surface area contributed by atoms with Gasteiger partial charge in [-0.1, -0.05) is 13.3 Å². The van der Waals surface area contributed by atoms with Crippen molar-refractivity contribution in [1.82, 2.24) is 9.55 Å². The monoisotopic (exact) mass is 250 g/mol. The van der Waals surface area contributed by atoms with Crippen molar-refractivity contribution in [2.24, 2.45) is 11.8 Å². The molecule has 0 aliphatic heterocycles. The third-order valence-electron chi connectivity index (χ3n) is 4.27. The van der Waals surface area contributed by atoms with Crippen molar-refractivity contribution in [3.8, 4) is 0 Å². The second kappa shape index (κ2) is 5.55. The van der Waals surface area contributed by atoms with Crippen molar-refractivity contribution in [3.63, 3.8) is 0 Å². The van der Waals surface area contributed by atoms with Crippen LogP contribution in [0.4, 0.5) is 0 Å². The first-order valence-electron chi connectivity index (χ1n) is 6.91. The van der Waals surface area contributed by atoms with Crippen molar-refractivity contribution in [2.75, 3.05) is 0 Å². The van der Waals surface area contributed by atoms with Gasteiger partial charge in [-0.05, 0) is 32.1 Å². The molecule has 1 N–H and O–H groups in total. The summed E-state index contributed by atoms with van der Waals surface area (Å²) in [5.74, 6) is 0.757. The predicted octanol–water partition coefficient (Wildman–Crippen LogP) is 2.90. The van der Waals surface area contributed by atoms with E-state index in [0.717, 1.165) is 38.1 Å². The fourth-order valence-corrected chi connectivity index (χ4v) is 3.13. The Hall–Kier alpha value is -1.32. The third kappa shape index (κ3) is 2.42. The minimum Gasteiger partial charge on any atom is -0.481 e. The van der Waals surface area contributed by atoms with Gasteiger partial charge in [0.25, 0.3) is 0 Å². The standard InChI is InChI=1S/C14H22N2O2/c1-3-10-5-6-11(14(17)18)12(9-10)13-15-7-8-16(13)4-2/h7-8,10-12H,3-6,9H2,1-2H3,(H,17,18). The van der Waals surface area contributed by atoms with E-state index < -0.39 is 5.97 Å². The van der Waals surface area contributed by atoms with E-state index >= 15 is 0 Å². The van der Waals surface area contributed by atoms with Gasteiger partial charge in [0, 0.05) is 24.9 Å². The molecule has 0 bridgehead atoms. The van der Waals surface area contributed by atoms with Crippen molar-refractivity contribution in [1.29, 1.82) is 0 Å². The highest BCUT2D eigenvalue weighted by Crippen LogP contribution is 2.41. The van der Waals surface area contributed by atoms with E-state index in [1.54, 1.807) is 6.20 Å². The zero-order chi connectivity index (χ0) is 13.1. The third-order valence-corrected chi connectivity index (χ3v) is 4.27. The molecule has 2 rings (SSSR count). The molecule has 18 heavy (non-hydrogen) atoms. The summed E-state index contributed by atoms with van der Waals surface area (Å²) in [5.41, 5.74) is 0. The summed E-state index contributed by atoms with van der Waals surface area (Å²) >= 11 is 0. The molecule has 1 saturated carbocycles.